The Morgan fingerprint density at radius 3 is 3.00 bits per heavy atom. The van der Waals surface area contributed by atoms with Crippen LogP contribution >= 0.6 is 0 Å². The molecule has 0 radical (unpaired) electrons. The number of carbonyl (C=O) groups excluding carboxylic acids is 1. The number of imidazole rings is 1. The van der Waals surface area contributed by atoms with Gasteiger partial charge >= 0.3 is 6.03 Å². The van der Waals surface area contributed by atoms with E-state index in [2.05, 4.69) is 20.4 Å². The predicted molar refractivity (Wildman–Crippen MR) is 76.9 cm³/mol. The molecule has 2 aromatic rings. The topological polar surface area (TPSA) is 87.1 Å². The number of hydrogen-bond acceptors (Lipinski definition) is 4. The van der Waals surface area contributed by atoms with Crippen LogP contribution in [0, 0.1) is 13.8 Å². The van der Waals surface area contributed by atoms with Crippen LogP contribution in [0.5, 0.6) is 0 Å². The van der Waals surface area contributed by atoms with Gasteiger partial charge in [0, 0.05) is 18.9 Å². The molecule has 2 N–H and O–H groups in total. The maximum Gasteiger partial charge on any atom is 0.322 e. The van der Waals surface area contributed by atoms with Crippen molar-refractivity contribution in [2.75, 3.05) is 11.9 Å². The van der Waals surface area contributed by atoms with Crippen LogP contribution in [-0.4, -0.2) is 32.6 Å². The summed E-state index contributed by atoms with van der Waals surface area (Å²) in [6, 6.07) is -0.139. The summed E-state index contributed by atoms with van der Waals surface area (Å²) in [6.07, 6.45) is 6.53. The van der Waals surface area contributed by atoms with Crippen molar-refractivity contribution < 1.29 is 9.32 Å². The molecule has 1 unspecified atom stereocenters. The minimum atomic E-state index is -0.134. The Kier molecular flexibility index (Phi) is 3.64. The molecule has 0 aliphatic carbocycles. The number of H-pyrrole nitrogens is 1. The van der Waals surface area contributed by atoms with Gasteiger partial charge in [-0.2, -0.15) is 0 Å². The van der Waals surface area contributed by atoms with E-state index in [0.29, 0.717) is 17.1 Å². The zero-order valence-corrected chi connectivity index (χ0v) is 12.2. The summed E-state index contributed by atoms with van der Waals surface area (Å²) < 4.78 is 5.08. The second-order valence-electron chi connectivity index (χ2n) is 5.31. The van der Waals surface area contributed by atoms with E-state index in [1.54, 1.807) is 19.3 Å². The van der Waals surface area contributed by atoms with Crippen molar-refractivity contribution in [3.8, 4) is 0 Å². The molecule has 0 aromatic carbocycles. The summed E-state index contributed by atoms with van der Waals surface area (Å²) in [4.78, 5) is 21.8. The van der Waals surface area contributed by atoms with Gasteiger partial charge in [-0.3, -0.25) is 0 Å². The Balaban J connectivity index is 1.79. The lowest BCUT2D eigenvalue weighted by atomic mass is 10.0. The lowest BCUT2D eigenvalue weighted by Gasteiger charge is -2.34. The first-order valence-electron chi connectivity index (χ1n) is 7.16. The average molecular weight is 289 g/mol. The van der Waals surface area contributed by atoms with E-state index < -0.39 is 0 Å². The van der Waals surface area contributed by atoms with Crippen LogP contribution in [0.2, 0.25) is 0 Å². The van der Waals surface area contributed by atoms with Gasteiger partial charge < -0.3 is 19.7 Å². The second kappa shape index (κ2) is 5.59. The number of amides is 2. The molecule has 1 fully saturated rings. The predicted octanol–water partition coefficient (Wildman–Crippen LogP) is 2.77. The van der Waals surface area contributed by atoms with Gasteiger partial charge in [-0.15, -0.1) is 0 Å². The fourth-order valence-corrected chi connectivity index (χ4v) is 2.76. The Bertz CT molecular complexity index is 600. The molecule has 1 aliphatic rings. The van der Waals surface area contributed by atoms with Crippen molar-refractivity contribution in [2.45, 2.75) is 39.2 Å². The van der Waals surface area contributed by atoms with Gasteiger partial charge in [-0.25, -0.2) is 9.78 Å². The number of nitrogens with one attached hydrogen (secondary N) is 2. The largest absolute Gasteiger partial charge is 0.359 e. The van der Waals surface area contributed by atoms with Crippen LogP contribution < -0.4 is 5.32 Å². The van der Waals surface area contributed by atoms with E-state index in [1.807, 2.05) is 11.8 Å². The zero-order valence-electron chi connectivity index (χ0n) is 12.2. The van der Waals surface area contributed by atoms with Crippen LogP contribution in [0.1, 0.15) is 42.6 Å². The summed E-state index contributed by atoms with van der Waals surface area (Å²) in [5.74, 6) is 1.45. The average Bonchev–Trinajstić information content (AvgIpc) is 3.13. The molecular formula is C14H19N5O2. The summed E-state index contributed by atoms with van der Waals surface area (Å²) in [7, 11) is 0. The first-order valence-corrected chi connectivity index (χ1v) is 7.16. The number of aromatic amines is 1. The van der Waals surface area contributed by atoms with Gasteiger partial charge in [0.2, 0.25) is 0 Å². The Morgan fingerprint density at radius 2 is 2.33 bits per heavy atom. The van der Waals surface area contributed by atoms with Crippen molar-refractivity contribution in [3.63, 3.8) is 0 Å². The fourth-order valence-electron chi connectivity index (χ4n) is 2.76. The van der Waals surface area contributed by atoms with E-state index >= 15 is 0 Å². The van der Waals surface area contributed by atoms with Gasteiger partial charge in [-0.05, 0) is 33.1 Å². The molecule has 0 saturated carbocycles. The number of piperidine rings is 1. The highest BCUT2D eigenvalue weighted by Gasteiger charge is 2.30. The van der Waals surface area contributed by atoms with Gasteiger partial charge in [0.1, 0.15) is 17.2 Å². The molecule has 1 saturated heterocycles. The van der Waals surface area contributed by atoms with E-state index in [-0.39, 0.29) is 12.1 Å². The highest BCUT2D eigenvalue weighted by Crippen LogP contribution is 2.30. The molecule has 3 heterocycles. The quantitative estimate of drug-likeness (QED) is 0.890. The van der Waals surface area contributed by atoms with Crippen LogP contribution in [0.15, 0.2) is 16.9 Å². The Labute approximate surface area is 122 Å². The lowest BCUT2D eigenvalue weighted by Crippen LogP contribution is -2.41. The van der Waals surface area contributed by atoms with E-state index in [4.69, 9.17) is 4.52 Å². The van der Waals surface area contributed by atoms with Crippen molar-refractivity contribution in [3.05, 3.63) is 29.7 Å². The first-order chi connectivity index (χ1) is 10.2. The molecule has 21 heavy (non-hydrogen) atoms. The maximum absolute atomic E-state index is 12.6. The number of nitrogens with zero attached hydrogens (tertiary/aromatic N) is 3. The highest BCUT2D eigenvalue weighted by molar-refractivity contribution is 5.90. The van der Waals surface area contributed by atoms with Crippen LogP contribution in [0.3, 0.4) is 0 Å². The highest BCUT2D eigenvalue weighted by atomic mass is 16.5. The minimum absolute atomic E-state index is 0.00535. The molecule has 7 nitrogen and oxygen atoms in total. The second-order valence-corrected chi connectivity index (χ2v) is 5.31. The lowest BCUT2D eigenvalue weighted by molar-refractivity contribution is 0.160. The minimum Gasteiger partial charge on any atom is -0.359 e. The Hall–Kier alpha value is -2.31. The number of aromatic nitrogens is 3. The normalized spacial score (nSPS) is 18.8. The molecule has 1 atom stereocenters. The van der Waals surface area contributed by atoms with E-state index in [9.17, 15) is 4.79 Å². The number of carbonyl (C=O) groups is 1. The molecule has 7 heteroatoms. The standard InChI is InChI=1S/C14H19N5O2/c1-9-12(10(2)21-18-9)17-14(20)19-8-4-3-5-11(19)13-15-6-7-16-13/h6-7,11H,3-5,8H2,1-2H3,(H,15,16)(H,17,20). The molecule has 1 aliphatic heterocycles. The molecule has 112 valence electrons. The van der Waals surface area contributed by atoms with Crippen molar-refractivity contribution in [2.24, 2.45) is 0 Å². The van der Waals surface area contributed by atoms with E-state index in [0.717, 1.165) is 31.6 Å². The van der Waals surface area contributed by atoms with Gasteiger partial charge in [-0.1, -0.05) is 5.16 Å². The maximum atomic E-state index is 12.6. The van der Waals surface area contributed by atoms with Gasteiger partial charge in [0.15, 0.2) is 5.76 Å². The van der Waals surface area contributed by atoms with Crippen LogP contribution in [0.4, 0.5) is 10.5 Å². The van der Waals surface area contributed by atoms with E-state index in [1.165, 1.54) is 0 Å². The van der Waals surface area contributed by atoms with Crippen molar-refractivity contribution >= 4 is 11.7 Å². The molecule has 2 amide bonds. The number of hydrogen-bond donors (Lipinski definition) is 2. The number of rotatable bonds is 2. The van der Waals surface area contributed by atoms with Crippen LogP contribution in [-0.2, 0) is 0 Å². The fraction of sp³-hybridized carbons (Fsp3) is 0.500. The summed E-state index contributed by atoms with van der Waals surface area (Å²) in [5, 5.41) is 6.77. The third kappa shape index (κ3) is 2.63. The first kappa shape index (κ1) is 13.7. The monoisotopic (exact) mass is 289 g/mol. The smallest absolute Gasteiger partial charge is 0.322 e. The molecule has 0 bridgehead atoms. The van der Waals surface area contributed by atoms with Crippen molar-refractivity contribution in [1.82, 2.24) is 20.0 Å². The van der Waals surface area contributed by atoms with Gasteiger partial charge in [0.25, 0.3) is 0 Å². The molecular weight excluding hydrogens is 270 g/mol. The zero-order chi connectivity index (χ0) is 14.8. The molecule has 0 spiro atoms. The number of aryl methyl sites for hydroxylation is 2. The Morgan fingerprint density at radius 1 is 1.48 bits per heavy atom. The van der Waals surface area contributed by atoms with Gasteiger partial charge in [0.05, 0.1) is 6.04 Å². The third-order valence-corrected chi connectivity index (χ3v) is 3.86. The van der Waals surface area contributed by atoms with Crippen molar-refractivity contribution in [1.29, 1.82) is 0 Å². The summed E-state index contributed by atoms with van der Waals surface area (Å²) >= 11 is 0. The SMILES string of the molecule is Cc1noc(C)c1NC(=O)N1CCCCC1c1ncc[nH]1. The number of anilines is 1. The van der Waals surface area contributed by atoms with Crippen LogP contribution in [0.25, 0.3) is 0 Å². The number of urea groups is 1. The summed E-state index contributed by atoms with van der Waals surface area (Å²) in [5.41, 5.74) is 1.34. The molecule has 2 aromatic heterocycles. The summed E-state index contributed by atoms with van der Waals surface area (Å²) in [6.45, 7) is 4.32. The molecule has 3 rings (SSSR count). The number of likely N-dealkylation sites (tertiary alicyclic amines) is 1. The third-order valence-electron chi connectivity index (χ3n) is 3.86.